The first-order valence-corrected chi connectivity index (χ1v) is 12.8. The van der Waals surface area contributed by atoms with Gasteiger partial charge in [0.15, 0.2) is 0 Å². The van der Waals surface area contributed by atoms with Crippen LogP contribution in [-0.4, -0.2) is 41.7 Å². The first kappa shape index (κ1) is 19.4. The molecule has 27 heavy (non-hydrogen) atoms. The molecule has 3 aliphatic rings. The number of hydrogen-bond donors (Lipinski definition) is 0. The van der Waals surface area contributed by atoms with Crippen LogP contribution < -0.4 is 0 Å². The Bertz CT molecular complexity index is 710. The summed E-state index contributed by atoms with van der Waals surface area (Å²) in [5.41, 5.74) is 1.11. The monoisotopic (exact) mass is 393 g/mol. The highest BCUT2D eigenvalue weighted by Crippen LogP contribution is 2.33. The minimum atomic E-state index is -3.27. The molecule has 3 fully saturated rings. The number of sulfone groups is 1. The van der Waals surface area contributed by atoms with Crippen LogP contribution in [0, 0.1) is 11.8 Å². The molecule has 0 spiro atoms. The maximum Gasteiger partial charge on any atom is 0.227 e. The van der Waals surface area contributed by atoms with E-state index in [1.807, 2.05) is 6.20 Å². The quantitative estimate of drug-likeness (QED) is 0.702. The average molecular weight is 394 g/mol. The number of aromatic nitrogens is 2. The third kappa shape index (κ3) is 5.14. The molecule has 2 saturated carbocycles. The fourth-order valence-electron chi connectivity index (χ4n) is 4.78. The molecule has 0 aromatic carbocycles. The van der Waals surface area contributed by atoms with Crippen LogP contribution in [0.1, 0.15) is 76.3 Å². The molecule has 0 unspecified atom stereocenters. The van der Waals surface area contributed by atoms with Gasteiger partial charge in [-0.1, -0.05) is 32.1 Å². The van der Waals surface area contributed by atoms with E-state index in [4.69, 9.17) is 0 Å². The van der Waals surface area contributed by atoms with Gasteiger partial charge in [0.2, 0.25) is 15.0 Å². The molecule has 0 radical (unpaired) electrons. The van der Waals surface area contributed by atoms with Crippen LogP contribution in [0.5, 0.6) is 0 Å². The molecule has 1 aliphatic heterocycles. The molecule has 1 aromatic rings. The van der Waals surface area contributed by atoms with Gasteiger partial charge in [-0.25, -0.2) is 13.4 Å². The van der Waals surface area contributed by atoms with E-state index >= 15 is 0 Å². The van der Waals surface area contributed by atoms with E-state index in [-0.39, 0.29) is 5.75 Å². The molecule has 152 valence electrons. The van der Waals surface area contributed by atoms with Gasteiger partial charge < -0.3 is 4.57 Å². The van der Waals surface area contributed by atoms with Crippen LogP contribution in [0.4, 0.5) is 0 Å². The van der Waals surface area contributed by atoms with Crippen molar-refractivity contribution in [2.45, 2.75) is 88.9 Å². The molecule has 0 N–H and O–H groups in total. The fraction of sp³-hybridized carbons (Fsp3) is 0.857. The van der Waals surface area contributed by atoms with Crippen LogP contribution in [0.25, 0.3) is 0 Å². The van der Waals surface area contributed by atoms with E-state index in [0.29, 0.717) is 17.0 Å². The van der Waals surface area contributed by atoms with Gasteiger partial charge in [0, 0.05) is 13.1 Å². The topological polar surface area (TPSA) is 55.2 Å². The summed E-state index contributed by atoms with van der Waals surface area (Å²) in [4.78, 5) is 6.97. The van der Waals surface area contributed by atoms with E-state index in [1.54, 1.807) is 0 Å². The van der Waals surface area contributed by atoms with E-state index in [1.165, 1.54) is 57.8 Å². The van der Waals surface area contributed by atoms with Gasteiger partial charge in [0.1, 0.15) is 0 Å². The van der Waals surface area contributed by atoms with Crippen LogP contribution in [0.3, 0.4) is 0 Å². The van der Waals surface area contributed by atoms with Gasteiger partial charge in [-0.3, -0.25) is 4.90 Å². The van der Waals surface area contributed by atoms with Crippen molar-refractivity contribution in [2.24, 2.45) is 11.8 Å². The minimum absolute atomic E-state index is 0.290. The molecule has 2 aliphatic carbocycles. The van der Waals surface area contributed by atoms with Crippen molar-refractivity contribution in [1.29, 1.82) is 0 Å². The number of likely N-dealkylation sites (tertiary alicyclic amines) is 1. The van der Waals surface area contributed by atoms with Crippen molar-refractivity contribution in [3.05, 3.63) is 11.9 Å². The second-order valence-corrected chi connectivity index (χ2v) is 11.0. The van der Waals surface area contributed by atoms with E-state index in [0.717, 1.165) is 44.7 Å². The van der Waals surface area contributed by atoms with Crippen molar-refractivity contribution in [2.75, 3.05) is 18.8 Å². The van der Waals surface area contributed by atoms with Gasteiger partial charge in [-0.15, -0.1) is 0 Å². The number of hydrogen-bond acceptors (Lipinski definition) is 4. The molecular weight excluding hydrogens is 358 g/mol. The van der Waals surface area contributed by atoms with Gasteiger partial charge >= 0.3 is 0 Å². The predicted octanol–water partition coefficient (Wildman–Crippen LogP) is 4.02. The van der Waals surface area contributed by atoms with Crippen molar-refractivity contribution >= 4 is 9.84 Å². The van der Waals surface area contributed by atoms with Crippen molar-refractivity contribution in [3.8, 4) is 0 Å². The molecule has 0 amide bonds. The third-order valence-electron chi connectivity index (χ3n) is 6.58. The van der Waals surface area contributed by atoms with Crippen molar-refractivity contribution in [3.63, 3.8) is 0 Å². The Labute approximate surface area is 164 Å². The van der Waals surface area contributed by atoms with Gasteiger partial charge in [-0.05, 0) is 63.5 Å². The van der Waals surface area contributed by atoms with Gasteiger partial charge in [-0.2, -0.15) is 0 Å². The van der Waals surface area contributed by atoms with Crippen molar-refractivity contribution in [1.82, 2.24) is 14.5 Å². The zero-order valence-electron chi connectivity index (χ0n) is 16.6. The summed E-state index contributed by atoms with van der Waals surface area (Å²) >= 11 is 0. The Morgan fingerprint density at radius 3 is 2.22 bits per heavy atom. The Morgan fingerprint density at radius 2 is 1.56 bits per heavy atom. The van der Waals surface area contributed by atoms with Crippen LogP contribution in [0.2, 0.25) is 0 Å². The Kier molecular flexibility index (Phi) is 6.22. The first-order chi connectivity index (χ1) is 13.1. The summed E-state index contributed by atoms with van der Waals surface area (Å²) in [6, 6.07) is 0. The molecular formula is C21H35N3O2S. The molecule has 5 nitrogen and oxygen atoms in total. The van der Waals surface area contributed by atoms with E-state index < -0.39 is 9.84 Å². The highest BCUT2D eigenvalue weighted by atomic mass is 32.2. The normalized spacial score (nSPS) is 23.4. The molecule has 4 rings (SSSR count). The van der Waals surface area contributed by atoms with Crippen LogP contribution >= 0.6 is 0 Å². The summed E-state index contributed by atoms with van der Waals surface area (Å²) < 4.78 is 28.1. The third-order valence-corrected chi connectivity index (χ3v) is 8.37. The first-order valence-electron chi connectivity index (χ1n) is 11.1. The maximum absolute atomic E-state index is 13.0. The minimum Gasteiger partial charge on any atom is -0.317 e. The lowest BCUT2D eigenvalue weighted by Gasteiger charge is -2.25. The van der Waals surface area contributed by atoms with Crippen molar-refractivity contribution < 1.29 is 8.42 Å². The summed E-state index contributed by atoms with van der Waals surface area (Å²) in [7, 11) is -3.27. The second kappa shape index (κ2) is 8.64. The lowest BCUT2D eigenvalue weighted by molar-refractivity contribution is 0.258. The summed E-state index contributed by atoms with van der Waals surface area (Å²) in [5, 5.41) is 0.352. The fourth-order valence-corrected chi connectivity index (χ4v) is 6.63. The van der Waals surface area contributed by atoms with E-state index in [9.17, 15) is 8.42 Å². The zero-order valence-corrected chi connectivity index (χ0v) is 17.4. The molecule has 2 heterocycles. The van der Waals surface area contributed by atoms with E-state index in [2.05, 4.69) is 14.5 Å². The largest absolute Gasteiger partial charge is 0.317 e. The average Bonchev–Trinajstić information content (AvgIpc) is 3.42. The predicted molar refractivity (Wildman–Crippen MR) is 107 cm³/mol. The smallest absolute Gasteiger partial charge is 0.227 e. The summed E-state index contributed by atoms with van der Waals surface area (Å²) in [6.45, 7) is 3.93. The highest BCUT2D eigenvalue weighted by Gasteiger charge is 2.33. The summed E-state index contributed by atoms with van der Waals surface area (Å²) in [5.74, 6) is 1.26. The SMILES string of the molecule is O=S(=O)(CC1CC1)c1ncc(CN2CCCCCC2)n1CC1CCCCC1. The lowest BCUT2D eigenvalue weighted by Crippen LogP contribution is -2.27. The second-order valence-electron chi connectivity index (χ2n) is 9.06. The Hall–Kier alpha value is -0.880. The molecule has 1 aromatic heterocycles. The molecule has 0 atom stereocenters. The lowest BCUT2D eigenvalue weighted by atomic mass is 9.89. The van der Waals surface area contributed by atoms with Crippen LogP contribution in [-0.2, 0) is 22.9 Å². The zero-order chi connectivity index (χ0) is 18.7. The molecule has 0 bridgehead atoms. The molecule has 6 heteroatoms. The maximum atomic E-state index is 13.0. The highest BCUT2D eigenvalue weighted by molar-refractivity contribution is 7.91. The molecule has 1 saturated heterocycles. The number of imidazole rings is 1. The Morgan fingerprint density at radius 1 is 0.889 bits per heavy atom. The number of nitrogens with zero attached hydrogens (tertiary/aromatic N) is 3. The number of rotatable bonds is 7. The summed E-state index contributed by atoms with van der Waals surface area (Å²) in [6.07, 6.45) is 15.5. The standard InChI is InChI=1S/C21H35N3O2S/c25-27(26,17-19-10-11-19)21-22-14-20(16-23-12-6-1-2-7-13-23)24(21)15-18-8-4-3-5-9-18/h14,18-19H,1-13,15-17H2. The van der Waals surface area contributed by atoms with Gasteiger partial charge in [0.25, 0.3) is 0 Å². The Balaban J connectivity index is 1.56. The van der Waals surface area contributed by atoms with Gasteiger partial charge in [0.05, 0.1) is 17.6 Å². The van der Waals surface area contributed by atoms with Crippen LogP contribution in [0.15, 0.2) is 11.4 Å².